The fourth-order valence-electron chi connectivity index (χ4n) is 1.27. The second kappa shape index (κ2) is 5.44. The first-order chi connectivity index (χ1) is 7.88. The molecule has 0 saturated heterocycles. The zero-order valence-electron chi connectivity index (χ0n) is 9.67. The maximum atomic E-state index is 11.8. The van der Waals surface area contributed by atoms with Gasteiger partial charge >= 0.3 is 10.2 Å². The molecular weight excluding hydrogens is 258 g/mol. The van der Waals surface area contributed by atoms with Gasteiger partial charge in [-0.3, -0.25) is 4.31 Å². The number of nitrogens with two attached hydrogens (primary N) is 1. The first-order valence-electron chi connectivity index (χ1n) is 5.02. The van der Waals surface area contributed by atoms with Crippen molar-refractivity contribution in [2.24, 2.45) is 5.73 Å². The smallest absolute Gasteiger partial charge is 0.301 e. The van der Waals surface area contributed by atoms with Gasteiger partial charge in [-0.1, -0.05) is 31.3 Å². The Labute approximate surface area is 107 Å². The van der Waals surface area contributed by atoms with Gasteiger partial charge in [0.15, 0.2) is 0 Å². The lowest BCUT2D eigenvalue weighted by Crippen LogP contribution is -2.38. The normalized spacial score (nSPS) is 11.2. The standard InChI is InChI=1S/C10H15N3O2S2/c1-3-12-17(14,15)13(2)9-6-4-5-8(7-9)10(11)16/h4-7,12H,3H2,1-2H3,(H2,11,16). The highest BCUT2D eigenvalue weighted by atomic mass is 32.2. The molecule has 0 aliphatic rings. The van der Waals surface area contributed by atoms with Crippen molar-refractivity contribution in [1.82, 2.24) is 4.72 Å². The van der Waals surface area contributed by atoms with Gasteiger partial charge in [0, 0.05) is 19.2 Å². The van der Waals surface area contributed by atoms with E-state index in [0.717, 1.165) is 4.31 Å². The number of nitrogens with one attached hydrogen (secondary N) is 1. The number of anilines is 1. The van der Waals surface area contributed by atoms with Crippen molar-refractivity contribution in [3.8, 4) is 0 Å². The van der Waals surface area contributed by atoms with Crippen molar-refractivity contribution < 1.29 is 8.42 Å². The lowest BCUT2D eigenvalue weighted by Gasteiger charge is -2.19. The number of nitrogens with zero attached hydrogens (tertiary/aromatic N) is 1. The summed E-state index contributed by atoms with van der Waals surface area (Å²) in [6, 6.07) is 6.76. The second-order valence-corrected chi connectivity index (χ2v) is 5.61. The molecule has 1 rings (SSSR count). The Morgan fingerprint density at radius 2 is 2.18 bits per heavy atom. The van der Waals surface area contributed by atoms with Gasteiger partial charge < -0.3 is 5.73 Å². The van der Waals surface area contributed by atoms with Gasteiger partial charge in [-0.05, 0) is 12.1 Å². The van der Waals surface area contributed by atoms with E-state index >= 15 is 0 Å². The molecule has 3 N–H and O–H groups in total. The van der Waals surface area contributed by atoms with Crippen LogP contribution in [0.25, 0.3) is 0 Å². The van der Waals surface area contributed by atoms with E-state index in [2.05, 4.69) is 4.72 Å². The number of thiocarbonyl (C=S) groups is 1. The van der Waals surface area contributed by atoms with Crippen molar-refractivity contribution >= 4 is 33.1 Å². The van der Waals surface area contributed by atoms with E-state index in [9.17, 15) is 8.42 Å². The van der Waals surface area contributed by atoms with Gasteiger partial charge in [0.05, 0.1) is 5.69 Å². The second-order valence-electron chi connectivity index (χ2n) is 3.39. The number of rotatable bonds is 5. The molecule has 0 aliphatic heterocycles. The molecule has 0 fully saturated rings. The predicted molar refractivity (Wildman–Crippen MR) is 73.3 cm³/mol. The van der Waals surface area contributed by atoms with Crippen molar-refractivity contribution in [2.45, 2.75) is 6.92 Å². The number of hydrogen-bond donors (Lipinski definition) is 2. The van der Waals surface area contributed by atoms with Crippen molar-refractivity contribution in [3.63, 3.8) is 0 Å². The molecule has 0 saturated carbocycles. The summed E-state index contributed by atoms with van der Waals surface area (Å²) in [7, 11) is -2.04. The van der Waals surface area contributed by atoms with Crippen LogP contribution in [0, 0.1) is 0 Å². The highest BCUT2D eigenvalue weighted by Crippen LogP contribution is 2.17. The Morgan fingerprint density at radius 3 is 2.71 bits per heavy atom. The minimum Gasteiger partial charge on any atom is -0.389 e. The summed E-state index contributed by atoms with van der Waals surface area (Å²) < 4.78 is 27.1. The number of hydrogen-bond acceptors (Lipinski definition) is 3. The maximum Gasteiger partial charge on any atom is 0.301 e. The molecule has 0 unspecified atom stereocenters. The van der Waals surface area contributed by atoms with Gasteiger partial charge in [0.25, 0.3) is 0 Å². The Hall–Kier alpha value is -1.18. The average molecular weight is 273 g/mol. The van der Waals surface area contributed by atoms with Crippen LogP contribution in [0.4, 0.5) is 5.69 Å². The molecule has 17 heavy (non-hydrogen) atoms. The molecule has 0 bridgehead atoms. The number of benzene rings is 1. The monoisotopic (exact) mass is 273 g/mol. The van der Waals surface area contributed by atoms with Crippen LogP contribution in [0.3, 0.4) is 0 Å². The predicted octanol–water partition coefficient (Wildman–Crippen LogP) is 0.611. The maximum absolute atomic E-state index is 11.8. The topological polar surface area (TPSA) is 75.4 Å². The molecule has 0 atom stereocenters. The van der Waals surface area contributed by atoms with E-state index in [1.807, 2.05) is 0 Å². The van der Waals surface area contributed by atoms with E-state index in [1.54, 1.807) is 31.2 Å². The zero-order chi connectivity index (χ0) is 13.1. The summed E-state index contributed by atoms with van der Waals surface area (Å²) in [5.74, 6) is 0. The first kappa shape index (κ1) is 13.9. The first-order valence-corrected chi connectivity index (χ1v) is 6.86. The quantitative estimate of drug-likeness (QED) is 0.771. The van der Waals surface area contributed by atoms with E-state index in [4.69, 9.17) is 18.0 Å². The van der Waals surface area contributed by atoms with E-state index in [1.165, 1.54) is 7.05 Å². The van der Waals surface area contributed by atoms with Crippen LogP contribution >= 0.6 is 12.2 Å². The molecule has 0 heterocycles. The third kappa shape index (κ3) is 3.39. The minimum absolute atomic E-state index is 0.237. The molecule has 0 spiro atoms. The van der Waals surface area contributed by atoms with Crippen LogP contribution in [0.5, 0.6) is 0 Å². The largest absolute Gasteiger partial charge is 0.389 e. The Balaban J connectivity index is 3.08. The minimum atomic E-state index is -3.51. The van der Waals surface area contributed by atoms with Gasteiger partial charge in [0.1, 0.15) is 4.99 Å². The fourth-order valence-corrected chi connectivity index (χ4v) is 2.35. The summed E-state index contributed by atoms with van der Waals surface area (Å²) in [5.41, 5.74) is 6.64. The summed E-state index contributed by atoms with van der Waals surface area (Å²) in [4.78, 5) is 0.237. The highest BCUT2D eigenvalue weighted by molar-refractivity contribution is 7.90. The SMILES string of the molecule is CCNS(=O)(=O)N(C)c1cccc(C(N)=S)c1. The lowest BCUT2D eigenvalue weighted by atomic mass is 10.2. The van der Waals surface area contributed by atoms with Crippen LogP contribution in [-0.4, -0.2) is 27.0 Å². The van der Waals surface area contributed by atoms with Gasteiger partial charge in [-0.15, -0.1) is 0 Å². The van der Waals surface area contributed by atoms with Gasteiger partial charge in [0.2, 0.25) is 0 Å². The Bertz CT molecular complexity index is 514. The van der Waals surface area contributed by atoms with Crippen molar-refractivity contribution in [1.29, 1.82) is 0 Å². The summed E-state index contributed by atoms with van der Waals surface area (Å²) >= 11 is 4.85. The lowest BCUT2D eigenvalue weighted by molar-refractivity contribution is 0.582. The van der Waals surface area contributed by atoms with Crippen LogP contribution in [0.2, 0.25) is 0 Å². The van der Waals surface area contributed by atoms with Gasteiger partial charge in [-0.25, -0.2) is 0 Å². The third-order valence-electron chi connectivity index (χ3n) is 2.18. The van der Waals surface area contributed by atoms with Crippen molar-refractivity contribution in [3.05, 3.63) is 29.8 Å². The summed E-state index contributed by atoms with van der Waals surface area (Å²) in [5, 5.41) is 0. The highest BCUT2D eigenvalue weighted by Gasteiger charge is 2.16. The molecular formula is C10H15N3O2S2. The molecule has 1 aromatic rings. The molecule has 0 radical (unpaired) electrons. The van der Waals surface area contributed by atoms with E-state index in [0.29, 0.717) is 17.8 Å². The van der Waals surface area contributed by atoms with Crippen LogP contribution in [0.1, 0.15) is 12.5 Å². The molecule has 5 nitrogen and oxygen atoms in total. The molecule has 1 aromatic carbocycles. The van der Waals surface area contributed by atoms with Crippen LogP contribution < -0.4 is 14.8 Å². The zero-order valence-corrected chi connectivity index (χ0v) is 11.3. The molecule has 94 valence electrons. The summed E-state index contributed by atoms with van der Waals surface area (Å²) in [6.07, 6.45) is 0. The van der Waals surface area contributed by atoms with Crippen LogP contribution in [-0.2, 0) is 10.2 Å². The van der Waals surface area contributed by atoms with Gasteiger partial charge in [-0.2, -0.15) is 13.1 Å². The molecule has 0 aromatic heterocycles. The molecule has 7 heteroatoms. The van der Waals surface area contributed by atoms with E-state index < -0.39 is 10.2 Å². The summed E-state index contributed by atoms with van der Waals surface area (Å²) in [6.45, 7) is 2.05. The Morgan fingerprint density at radius 1 is 1.53 bits per heavy atom. The van der Waals surface area contributed by atoms with Crippen molar-refractivity contribution in [2.75, 3.05) is 17.9 Å². The van der Waals surface area contributed by atoms with E-state index in [-0.39, 0.29) is 4.99 Å². The molecule has 0 amide bonds. The average Bonchev–Trinajstić information content (AvgIpc) is 2.28. The fraction of sp³-hybridized carbons (Fsp3) is 0.300. The Kier molecular flexibility index (Phi) is 4.44. The molecule has 0 aliphatic carbocycles. The van der Waals surface area contributed by atoms with Crippen LogP contribution in [0.15, 0.2) is 24.3 Å². The third-order valence-corrected chi connectivity index (χ3v) is 4.00.